The number of fused-ring (bicyclic) bond motifs is 2. The van der Waals surface area contributed by atoms with Crippen LogP contribution in [0.2, 0.25) is 0 Å². The normalized spacial score (nSPS) is 44.8. The summed E-state index contributed by atoms with van der Waals surface area (Å²) in [5, 5.41) is 12.0. The average Bonchev–Trinajstić information content (AvgIpc) is 2.64. The van der Waals surface area contributed by atoms with Crippen molar-refractivity contribution >= 4 is 6.41 Å². The number of carbonyl (C=O) groups is 1. The minimum atomic E-state index is 0.229. The molecule has 1 amide bonds. The van der Waals surface area contributed by atoms with Gasteiger partial charge in [-0.05, 0) is 31.1 Å². The Labute approximate surface area is 72.2 Å². The molecular formula is C9H15NO2. The van der Waals surface area contributed by atoms with E-state index in [2.05, 4.69) is 5.32 Å². The van der Waals surface area contributed by atoms with Gasteiger partial charge in [0, 0.05) is 18.6 Å². The first-order valence-electron chi connectivity index (χ1n) is 4.67. The number of aliphatic hydroxyl groups excluding tert-OH is 1. The molecule has 0 aromatic carbocycles. The Morgan fingerprint density at radius 1 is 1.42 bits per heavy atom. The largest absolute Gasteiger partial charge is 0.396 e. The van der Waals surface area contributed by atoms with Crippen LogP contribution in [0.1, 0.15) is 19.3 Å². The van der Waals surface area contributed by atoms with E-state index in [1.54, 1.807) is 0 Å². The molecule has 2 bridgehead atoms. The first-order valence-corrected chi connectivity index (χ1v) is 4.67. The fourth-order valence-corrected chi connectivity index (χ4v) is 3.01. The van der Waals surface area contributed by atoms with E-state index in [0.717, 1.165) is 6.41 Å². The monoisotopic (exact) mass is 169 g/mol. The van der Waals surface area contributed by atoms with Crippen LogP contribution in [0.15, 0.2) is 0 Å². The van der Waals surface area contributed by atoms with Crippen LogP contribution >= 0.6 is 0 Å². The molecule has 4 atom stereocenters. The number of nitrogens with one attached hydrogen (secondary N) is 1. The number of hydrogen-bond acceptors (Lipinski definition) is 2. The molecule has 0 aromatic rings. The molecule has 2 N–H and O–H groups in total. The van der Waals surface area contributed by atoms with Crippen molar-refractivity contribution in [2.45, 2.75) is 25.3 Å². The Hall–Kier alpha value is -0.570. The maximum Gasteiger partial charge on any atom is 0.207 e. The summed E-state index contributed by atoms with van der Waals surface area (Å²) in [6, 6.07) is 0.256. The molecular weight excluding hydrogens is 154 g/mol. The highest BCUT2D eigenvalue weighted by Crippen LogP contribution is 2.48. The molecule has 0 aromatic heterocycles. The van der Waals surface area contributed by atoms with Crippen LogP contribution in [0.4, 0.5) is 0 Å². The van der Waals surface area contributed by atoms with E-state index in [-0.39, 0.29) is 12.6 Å². The highest BCUT2D eigenvalue weighted by atomic mass is 16.3. The summed E-state index contributed by atoms with van der Waals surface area (Å²) in [5.41, 5.74) is 0. The third-order valence-corrected chi connectivity index (χ3v) is 3.56. The Kier molecular flexibility index (Phi) is 2.05. The van der Waals surface area contributed by atoms with Gasteiger partial charge in [-0.2, -0.15) is 0 Å². The molecule has 2 saturated carbocycles. The smallest absolute Gasteiger partial charge is 0.207 e. The summed E-state index contributed by atoms with van der Waals surface area (Å²) < 4.78 is 0. The molecule has 2 aliphatic carbocycles. The topological polar surface area (TPSA) is 49.3 Å². The van der Waals surface area contributed by atoms with Gasteiger partial charge in [-0.1, -0.05) is 0 Å². The minimum absolute atomic E-state index is 0.229. The third-order valence-electron chi connectivity index (χ3n) is 3.56. The fraction of sp³-hybridized carbons (Fsp3) is 0.889. The lowest BCUT2D eigenvalue weighted by Crippen LogP contribution is -2.41. The van der Waals surface area contributed by atoms with Gasteiger partial charge in [0.05, 0.1) is 0 Å². The van der Waals surface area contributed by atoms with Crippen molar-refractivity contribution in [3.05, 3.63) is 0 Å². The summed E-state index contributed by atoms with van der Waals surface area (Å²) in [7, 11) is 0. The predicted octanol–water partition coefficient (Wildman–Crippen LogP) is 0.139. The van der Waals surface area contributed by atoms with Crippen LogP contribution in [0.25, 0.3) is 0 Å². The SMILES string of the molecule is O=CN[C@@H]1C2CCC(C2)[C@@H]1CO. The van der Waals surface area contributed by atoms with Gasteiger partial charge in [-0.25, -0.2) is 0 Å². The van der Waals surface area contributed by atoms with E-state index in [1.807, 2.05) is 0 Å². The summed E-state index contributed by atoms with van der Waals surface area (Å²) in [5.74, 6) is 1.63. The number of aliphatic hydroxyl groups is 1. The number of rotatable bonds is 3. The van der Waals surface area contributed by atoms with Crippen LogP contribution in [0, 0.1) is 17.8 Å². The van der Waals surface area contributed by atoms with E-state index >= 15 is 0 Å². The maximum absolute atomic E-state index is 10.3. The second kappa shape index (κ2) is 3.05. The second-order valence-corrected chi connectivity index (χ2v) is 3.99. The van der Waals surface area contributed by atoms with E-state index in [0.29, 0.717) is 17.8 Å². The minimum Gasteiger partial charge on any atom is -0.396 e. The molecule has 0 aliphatic heterocycles. The number of hydrogen-bond donors (Lipinski definition) is 2. The molecule has 2 aliphatic rings. The molecule has 0 spiro atoms. The Bertz CT molecular complexity index is 183. The van der Waals surface area contributed by atoms with Crippen LogP contribution in [-0.4, -0.2) is 24.2 Å². The standard InChI is InChI=1S/C9H15NO2/c11-4-8-6-1-2-7(3-6)9(8)10-5-12/h5-9,11H,1-4H2,(H,10,12)/t6?,7?,8-,9+/m0/s1. The van der Waals surface area contributed by atoms with Crippen molar-refractivity contribution in [3.63, 3.8) is 0 Å². The predicted molar refractivity (Wildman–Crippen MR) is 44.4 cm³/mol. The van der Waals surface area contributed by atoms with E-state index in [1.165, 1.54) is 19.3 Å². The maximum atomic E-state index is 10.3. The van der Waals surface area contributed by atoms with Gasteiger partial charge >= 0.3 is 0 Å². The van der Waals surface area contributed by atoms with Gasteiger partial charge in [0.1, 0.15) is 0 Å². The second-order valence-electron chi connectivity index (χ2n) is 3.99. The molecule has 12 heavy (non-hydrogen) atoms. The summed E-state index contributed by atoms with van der Waals surface area (Å²) >= 11 is 0. The summed E-state index contributed by atoms with van der Waals surface area (Å²) in [4.78, 5) is 10.3. The Morgan fingerprint density at radius 2 is 2.17 bits per heavy atom. The molecule has 2 fully saturated rings. The van der Waals surface area contributed by atoms with E-state index < -0.39 is 0 Å². The molecule has 2 rings (SSSR count). The lowest BCUT2D eigenvalue weighted by atomic mass is 9.85. The van der Waals surface area contributed by atoms with Gasteiger partial charge < -0.3 is 10.4 Å². The zero-order valence-electron chi connectivity index (χ0n) is 7.07. The van der Waals surface area contributed by atoms with Crippen molar-refractivity contribution in [3.8, 4) is 0 Å². The molecule has 0 saturated heterocycles. The van der Waals surface area contributed by atoms with Crippen molar-refractivity contribution < 1.29 is 9.90 Å². The zero-order chi connectivity index (χ0) is 8.55. The van der Waals surface area contributed by atoms with Gasteiger partial charge in [0.15, 0.2) is 0 Å². The highest BCUT2D eigenvalue weighted by molar-refractivity contribution is 5.47. The molecule has 0 radical (unpaired) electrons. The van der Waals surface area contributed by atoms with Crippen molar-refractivity contribution in [1.29, 1.82) is 0 Å². The highest BCUT2D eigenvalue weighted by Gasteiger charge is 2.46. The molecule has 3 heteroatoms. The van der Waals surface area contributed by atoms with Crippen LogP contribution in [0.3, 0.4) is 0 Å². The zero-order valence-corrected chi connectivity index (χ0v) is 7.07. The first kappa shape index (κ1) is 8.05. The summed E-state index contributed by atoms with van der Waals surface area (Å²) in [6.45, 7) is 0.229. The lowest BCUT2D eigenvalue weighted by Gasteiger charge is -2.28. The molecule has 0 heterocycles. The summed E-state index contributed by atoms with van der Waals surface area (Å²) in [6.07, 6.45) is 4.45. The van der Waals surface area contributed by atoms with Crippen molar-refractivity contribution in [2.75, 3.05) is 6.61 Å². The van der Waals surface area contributed by atoms with Gasteiger partial charge in [-0.3, -0.25) is 4.79 Å². The van der Waals surface area contributed by atoms with Crippen molar-refractivity contribution in [1.82, 2.24) is 5.32 Å². The van der Waals surface area contributed by atoms with Gasteiger partial charge in [0.25, 0.3) is 0 Å². The van der Waals surface area contributed by atoms with Gasteiger partial charge in [0.2, 0.25) is 6.41 Å². The molecule has 3 nitrogen and oxygen atoms in total. The van der Waals surface area contributed by atoms with Crippen LogP contribution in [-0.2, 0) is 4.79 Å². The fourth-order valence-electron chi connectivity index (χ4n) is 3.01. The molecule has 68 valence electrons. The third kappa shape index (κ3) is 1.04. The quantitative estimate of drug-likeness (QED) is 0.590. The first-order chi connectivity index (χ1) is 5.86. The van der Waals surface area contributed by atoms with Crippen LogP contribution in [0.5, 0.6) is 0 Å². The van der Waals surface area contributed by atoms with E-state index in [9.17, 15) is 4.79 Å². The molecule has 2 unspecified atom stereocenters. The lowest BCUT2D eigenvalue weighted by molar-refractivity contribution is -0.110. The van der Waals surface area contributed by atoms with Crippen LogP contribution < -0.4 is 5.32 Å². The Balaban J connectivity index is 2.05. The van der Waals surface area contributed by atoms with Gasteiger partial charge in [-0.15, -0.1) is 0 Å². The van der Waals surface area contributed by atoms with E-state index in [4.69, 9.17) is 5.11 Å². The number of carbonyl (C=O) groups excluding carboxylic acids is 1. The average molecular weight is 169 g/mol. The number of amides is 1. The van der Waals surface area contributed by atoms with Crippen molar-refractivity contribution in [2.24, 2.45) is 17.8 Å². The Morgan fingerprint density at radius 3 is 2.83 bits per heavy atom.